The number of rotatable bonds is 5. The van der Waals surface area contributed by atoms with Gasteiger partial charge in [0, 0.05) is 31.3 Å². The molecule has 0 aliphatic carbocycles. The molecule has 26 heavy (non-hydrogen) atoms. The Morgan fingerprint density at radius 1 is 1.12 bits per heavy atom. The van der Waals surface area contributed by atoms with Crippen LogP contribution in [0.3, 0.4) is 0 Å². The fraction of sp³-hybridized carbons (Fsp3) is 0.238. The Morgan fingerprint density at radius 3 is 2.54 bits per heavy atom. The van der Waals surface area contributed by atoms with Gasteiger partial charge in [-0.25, -0.2) is 4.79 Å². The summed E-state index contributed by atoms with van der Waals surface area (Å²) in [6, 6.07) is 16.2. The number of benzene rings is 2. The largest absolute Gasteiger partial charge is 0.467 e. The molecule has 0 fully saturated rings. The first-order valence-corrected chi connectivity index (χ1v) is 8.52. The van der Waals surface area contributed by atoms with Crippen LogP contribution in [0, 0.1) is 0 Å². The Kier molecular flexibility index (Phi) is 5.37. The highest BCUT2D eigenvalue weighted by atomic mass is 16.5. The molecule has 0 spiro atoms. The highest BCUT2D eigenvalue weighted by Gasteiger charge is 2.25. The van der Waals surface area contributed by atoms with Crippen LogP contribution >= 0.6 is 0 Å². The maximum absolute atomic E-state index is 12.4. The number of nitrogens with zero attached hydrogens (tertiary/aromatic N) is 1. The van der Waals surface area contributed by atoms with Crippen LogP contribution < -0.4 is 10.2 Å². The lowest BCUT2D eigenvalue weighted by atomic mass is 9.97. The summed E-state index contributed by atoms with van der Waals surface area (Å²) in [6.45, 7) is 0.700. The minimum absolute atomic E-state index is 0.286. The van der Waals surface area contributed by atoms with Gasteiger partial charge in [0.1, 0.15) is 6.04 Å². The van der Waals surface area contributed by atoms with Crippen LogP contribution in [-0.2, 0) is 9.53 Å². The molecule has 5 nitrogen and oxygen atoms in total. The molecule has 0 aromatic heterocycles. The molecule has 0 saturated heterocycles. The van der Waals surface area contributed by atoms with Gasteiger partial charge >= 0.3 is 5.97 Å². The van der Waals surface area contributed by atoms with E-state index in [-0.39, 0.29) is 5.91 Å². The number of amides is 1. The molecular formula is C21H22N2O3. The third kappa shape index (κ3) is 3.94. The van der Waals surface area contributed by atoms with E-state index in [2.05, 4.69) is 22.4 Å². The van der Waals surface area contributed by atoms with E-state index in [0.717, 1.165) is 16.8 Å². The van der Waals surface area contributed by atoms with Gasteiger partial charge in [-0.3, -0.25) is 4.79 Å². The number of carbonyl (C=O) groups is 2. The van der Waals surface area contributed by atoms with Gasteiger partial charge in [-0.2, -0.15) is 0 Å². The minimum atomic E-state index is -0.724. The van der Waals surface area contributed by atoms with Crippen molar-refractivity contribution < 1.29 is 14.3 Å². The fourth-order valence-corrected chi connectivity index (χ4v) is 3.16. The summed E-state index contributed by atoms with van der Waals surface area (Å²) in [5.74, 6) is -0.733. The molecule has 2 aromatic rings. The zero-order valence-electron chi connectivity index (χ0n) is 14.9. The Balaban J connectivity index is 1.78. The van der Waals surface area contributed by atoms with Gasteiger partial charge in [0.25, 0.3) is 5.91 Å². The zero-order chi connectivity index (χ0) is 18.5. The summed E-state index contributed by atoms with van der Waals surface area (Å²) >= 11 is 0. The Labute approximate surface area is 153 Å². The maximum atomic E-state index is 12.4. The fourth-order valence-electron chi connectivity index (χ4n) is 3.16. The van der Waals surface area contributed by atoms with E-state index in [1.807, 2.05) is 31.3 Å². The predicted molar refractivity (Wildman–Crippen MR) is 102 cm³/mol. The average Bonchev–Trinajstić information content (AvgIpc) is 2.67. The number of nitrogens with one attached hydrogen (secondary N) is 1. The number of hydrogen-bond acceptors (Lipinski definition) is 4. The molecular weight excluding hydrogens is 328 g/mol. The second-order valence-corrected chi connectivity index (χ2v) is 6.34. The van der Waals surface area contributed by atoms with E-state index < -0.39 is 12.0 Å². The van der Waals surface area contributed by atoms with Crippen molar-refractivity contribution in [3.63, 3.8) is 0 Å². The number of anilines is 1. The normalized spacial score (nSPS) is 14.1. The SMILES string of the molecule is COC(=O)[C@H](CC1=Cc2ccccc2N(C)C1)NC(=O)c1ccccc1. The van der Waals surface area contributed by atoms with E-state index in [4.69, 9.17) is 4.74 Å². The van der Waals surface area contributed by atoms with Crippen molar-refractivity contribution in [2.75, 3.05) is 25.6 Å². The molecule has 134 valence electrons. The topological polar surface area (TPSA) is 58.6 Å². The van der Waals surface area contributed by atoms with Crippen molar-refractivity contribution in [1.82, 2.24) is 5.32 Å². The molecule has 0 radical (unpaired) electrons. The van der Waals surface area contributed by atoms with Crippen molar-refractivity contribution >= 4 is 23.6 Å². The third-order valence-corrected chi connectivity index (χ3v) is 4.44. The molecule has 1 amide bonds. The predicted octanol–water partition coefficient (Wildman–Crippen LogP) is 2.88. The van der Waals surface area contributed by atoms with E-state index in [1.54, 1.807) is 24.3 Å². The smallest absolute Gasteiger partial charge is 0.328 e. The lowest BCUT2D eigenvalue weighted by Gasteiger charge is -2.29. The van der Waals surface area contributed by atoms with Gasteiger partial charge in [-0.05, 0) is 29.3 Å². The Hall–Kier alpha value is -3.08. The number of carbonyl (C=O) groups excluding carboxylic acids is 2. The number of hydrogen-bond donors (Lipinski definition) is 1. The van der Waals surface area contributed by atoms with Crippen LogP contribution in [0.2, 0.25) is 0 Å². The van der Waals surface area contributed by atoms with Crippen molar-refractivity contribution in [1.29, 1.82) is 0 Å². The van der Waals surface area contributed by atoms with Gasteiger partial charge in [0.15, 0.2) is 0 Å². The molecule has 1 aliphatic heterocycles. The van der Waals surface area contributed by atoms with Crippen LogP contribution in [0.15, 0.2) is 60.2 Å². The van der Waals surface area contributed by atoms with Crippen LogP contribution in [0.1, 0.15) is 22.3 Å². The molecule has 1 N–H and O–H groups in total. The van der Waals surface area contributed by atoms with Gasteiger partial charge in [-0.1, -0.05) is 42.5 Å². The number of fused-ring (bicyclic) bond motifs is 1. The maximum Gasteiger partial charge on any atom is 0.328 e. The molecule has 5 heteroatoms. The highest BCUT2D eigenvalue weighted by Crippen LogP contribution is 2.29. The quantitative estimate of drug-likeness (QED) is 0.843. The second-order valence-electron chi connectivity index (χ2n) is 6.34. The Bertz CT molecular complexity index is 830. The molecule has 2 aromatic carbocycles. The van der Waals surface area contributed by atoms with Crippen LogP contribution in [0.5, 0.6) is 0 Å². The molecule has 1 heterocycles. The third-order valence-electron chi connectivity index (χ3n) is 4.44. The number of ether oxygens (including phenoxy) is 1. The summed E-state index contributed by atoms with van der Waals surface area (Å²) < 4.78 is 4.89. The van der Waals surface area contributed by atoms with E-state index in [1.165, 1.54) is 7.11 Å². The standard InChI is InChI=1S/C21H22N2O3/c1-23-14-15(12-17-10-6-7-11-19(17)23)13-18(21(25)26-2)22-20(24)16-8-4-3-5-9-16/h3-12,18H,13-14H2,1-2H3,(H,22,24)/t18-/m0/s1. The van der Waals surface area contributed by atoms with Crippen molar-refractivity contribution in [3.8, 4) is 0 Å². The molecule has 1 atom stereocenters. The second kappa shape index (κ2) is 7.87. The molecule has 0 saturated carbocycles. The van der Waals surface area contributed by atoms with Crippen LogP contribution in [0.25, 0.3) is 6.08 Å². The average molecular weight is 350 g/mol. The minimum Gasteiger partial charge on any atom is -0.467 e. The van der Waals surface area contributed by atoms with E-state index in [0.29, 0.717) is 18.5 Å². The highest BCUT2D eigenvalue weighted by molar-refractivity contribution is 5.96. The molecule has 0 unspecified atom stereocenters. The summed E-state index contributed by atoms with van der Waals surface area (Å²) in [7, 11) is 3.35. The zero-order valence-corrected chi connectivity index (χ0v) is 14.9. The summed E-state index contributed by atoms with van der Waals surface area (Å²) in [4.78, 5) is 26.8. The van der Waals surface area contributed by atoms with Gasteiger partial charge in [0.2, 0.25) is 0 Å². The van der Waals surface area contributed by atoms with Crippen LogP contribution in [0.4, 0.5) is 5.69 Å². The summed E-state index contributed by atoms with van der Waals surface area (Å²) in [5, 5.41) is 2.80. The molecule has 3 rings (SSSR count). The lowest BCUT2D eigenvalue weighted by Crippen LogP contribution is -2.42. The first-order valence-electron chi connectivity index (χ1n) is 8.52. The lowest BCUT2D eigenvalue weighted by molar-refractivity contribution is -0.142. The van der Waals surface area contributed by atoms with Gasteiger partial charge in [-0.15, -0.1) is 0 Å². The van der Waals surface area contributed by atoms with Crippen LogP contribution in [-0.4, -0.2) is 38.6 Å². The number of likely N-dealkylation sites (N-methyl/N-ethyl adjacent to an activating group) is 1. The number of methoxy groups -OCH3 is 1. The number of para-hydroxylation sites is 1. The number of esters is 1. The first-order chi connectivity index (χ1) is 12.6. The Morgan fingerprint density at radius 2 is 1.81 bits per heavy atom. The van der Waals surface area contributed by atoms with Gasteiger partial charge < -0.3 is 15.0 Å². The van der Waals surface area contributed by atoms with Crippen molar-refractivity contribution in [2.45, 2.75) is 12.5 Å². The van der Waals surface area contributed by atoms with E-state index in [9.17, 15) is 9.59 Å². The first kappa shape index (κ1) is 17.7. The molecule has 0 bridgehead atoms. The van der Waals surface area contributed by atoms with Crippen molar-refractivity contribution in [2.24, 2.45) is 0 Å². The monoisotopic (exact) mass is 350 g/mol. The van der Waals surface area contributed by atoms with E-state index >= 15 is 0 Å². The summed E-state index contributed by atoms with van der Waals surface area (Å²) in [6.07, 6.45) is 2.49. The van der Waals surface area contributed by atoms with Crippen molar-refractivity contribution in [3.05, 3.63) is 71.3 Å². The summed E-state index contributed by atoms with van der Waals surface area (Å²) in [5.41, 5.74) is 3.84. The molecule has 1 aliphatic rings. The van der Waals surface area contributed by atoms with Gasteiger partial charge in [0.05, 0.1) is 7.11 Å².